The van der Waals surface area contributed by atoms with E-state index in [4.69, 9.17) is 27.9 Å². The van der Waals surface area contributed by atoms with Crippen LogP contribution in [0, 0.1) is 21.4 Å². The van der Waals surface area contributed by atoms with Crippen molar-refractivity contribution in [3.05, 3.63) is 67.7 Å². The molecule has 0 unspecified atom stereocenters. The second-order valence-corrected chi connectivity index (χ2v) is 5.72. The second-order valence-electron chi connectivity index (χ2n) is 4.91. The van der Waals surface area contributed by atoms with Crippen LogP contribution in [0.1, 0.15) is 5.56 Å². The van der Waals surface area contributed by atoms with E-state index >= 15 is 0 Å². The number of rotatable bonds is 5. The van der Waals surface area contributed by atoms with Crippen molar-refractivity contribution in [1.29, 1.82) is 5.26 Å². The number of ether oxygens (including phenoxy) is 1. The van der Waals surface area contributed by atoms with Crippen molar-refractivity contribution in [1.82, 2.24) is 0 Å². The average Bonchev–Trinajstić information content (AvgIpc) is 2.61. The number of methoxy groups -OCH3 is 1. The number of halogens is 2. The van der Waals surface area contributed by atoms with E-state index in [1.54, 1.807) is 30.3 Å². The zero-order valence-corrected chi connectivity index (χ0v) is 14.8. The summed E-state index contributed by atoms with van der Waals surface area (Å²) >= 11 is 11.8. The van der Waals surface area contributed by atoms with Gasteiger partial charge in [-0.25, -0.2) is 0 Å². The van der Waals surface area contributed by atoms with Crippen molar-refractivity contribution in [3.8, 4) is 11.8 Å². The van der Waals surface area contributed by atoms with Crippen molar-refractivity contribution in [2.45, 2.75) is 0 Å². The van der Waals surface area contributed by atoms with Gasteiger partial charge in [0, 0.05) is 16.7 Å². The lowest BCUT2D eigenvalue weighted by atomic mass is 10.1. The fourth-order valence-electron chi connectivity index (χ4n) is 2.05. The fraction of sp³-hybridized carbons (Fsp3) is 0.0588. The van der Waals surface area contributed by atoms with Gasteiger partial charge in [-0.05, 0) is 24.3 Å². The summed E-state index contributed by atoms with van der Waals surface area (Å²) in [6.45, 7) is 0. The second kappa shape index (κ2) is 8.34. The molecule has 0 aliphatic heterocycles. The largest absolute Gasteiger partial charge is 0.495 e. The van der Waals surface area contributed by atoms with Gasteiger partial charge in [-0.1, -0.05) is 35.3 Å². The van der Waals surface area contributed by atoms with Gasteiger partial charge in [0.15, 0.2) is 0 Å². The van der Waals surface area contributed by atoms with Crippen LogP contribution in [0.15, 0.2) is 42.0 Å². The zero-order chi connectivity index (χ0) is 19.3. The Morgan fingerprint density at radius 1 is 1.31 bits per heavy atom. The molecule has 0 spiro atoms. The molecule has 1 amide bonds. The van der Waals surface area contributed by atoms with Gasteiger partial charge >= 0.3 is 0 Å². The molecule has 0 aromatic heterocycles. The molecule has 0 bridgehead atoms. The number of para-hydroxylation sites is 2. The van der Waals surface area contributed by atoms with Gasteiger partial charge in [0.1, 0.15) is 22.4 Å². The molecule has 0 saturated carbocycles. The monoisotopic (exact) mass is 391 g/mol. The first-order valence-corrected chi connectivity index (χ1v) is 7.82. The lowest BCUT2D eigenvalue weighted by molar-refractivity contribution is -0.384. The quantitative estimate of drug-likeness (QED) is 0.350. The Morgan fingerprint density at radius 3 is 2.62 bits per heavy atom. The van der Waals surface area contributed by atoms with E-state index in [0.29, 0.717) is 11.4 Å². The van der Waals surface area contributed by atoms with Gasteiger partial charge in [0.25, 0.3) is 11.6 Å². The first-order chi connectivity index (χ1) is 12.4. The van der Waals surface area contributed by atoms with Crippen molar-refractivity contribution >= 4 is 46.6 Å². The van der Waals surface area contributed by atoms with Crippen molar-refractivity contribution in [2.75, 3.05) is 12.4 Å². The fourth-order valence-corrected chi connectivity index (χ4v) is 2.55. The summed E-state index contributed by atoms with van der Waals surface area (Å²) in [5.41, 5.74) is -0.192. The summed E-state index contributed by atoms with van der Waals surface area (Å²) in [7, 11) is 1.44. The molecule has 1 N–H and O–H groups in total. The predicted molar refractivity (Wildman–Crippen MR) is 98.3 cm³/mol. The Kier molecular flexibility index (Phi) is 6.17. The Bertz CT molecular complexity index is 952. The third-order valence-corrected chi connectivity index (χ3v) is 3.91. The van der Waals surface area contributed by atoms with Crippen molar-refractivity contribution < 1.29 is 14.5 Å². The molecule has 132 valence electrons. The van der Waals surface area contributed by atoms with Crippen LogP contribution in [0.5, 0.6) is 5.75 Å². The number of nitrogens with one attached hydrogen (secondary N) is 1. The van der Waals surface area contributed by atoms with E-state index in [1.165, 1.54) is 13.2 Å². The third-order valence-electron chi connectivity index (χ3n) is 3.28. The molecule has 26 heavy (non-hydrogen) atoms. The number of nitrogens with zero attached hydrogens (tertiary/aromatic N) is 2. The predicted octanol–water partition coefficient (Wildman–Crippen LogP) is 4.46. The number of nitro groups is 1. The molecule has 7 nitrogen and oxygen atoms in total. The summed E-state index contributed by atoms with van der Waals surface area (Å²) in [5, 5.41) is 22.7. The molecule has 0 radical (unpaired) electrons. The number of carbonyl (C=O) groups is 1. The highest BCUT2D eigenvalue weighted by molar-refractivity contribution is 6.37. The van der Waals surface area contributed by atoms with E-state index in [9.17, 15) is 20.2 Å². The molecule has 0 saturated heterocycles. The number of nitriles is 1. The van der Waals surface area contributed by atoms with E-state index in [2.05, 4.69) is 5.32 Å². The van der Waals surface area contributed by atoms with Crippen LogP contribution >= 0.6 is 23.2 Å². The normalized spacial score (nSPS) is 10.8. The lowest BCUT2D eigenvalue weighted by Gasteiger charge is -2.09. The summed E-state index contributed by atoms with van der Waals surface area (Å²) in [5.74, 6) is -0.302. The van der Waals surface area contributed by atoms with Gasteiger partial charge in [0.2, 0.25) is 0 Å². The highest BCUT2D eigenvalue weighted by Crippen LogP contribution is 2.32. The Hall–Kier alpha value is -3.08. The SMILES string of the molecule is COc1ccccc1NC(=O)/C(C#N)=C\c1cc([N+](=O)[O-])c(Cl)cc1Cl. The van der Waals surface area contributed by atoms with Gasteiger partial charge in [-0.3, -0.25) is 14.9 Å². The van der Waals surface area contributed by atoms with Gasteiger partial charge < -0.3 is 10.1 Å². The first kappa shape index (κ1) is 19.2. The number of hydrogen-bond donors (Lipinski definition) is 1. The van der Waals surface area contributed by atoms with Gasteiger partial charge in [-0.2, -0.15) is 5.26 Å². The van der Waals surface area contributed by atoms with Crippen molar-refractivity contribution in [2.24, 2.45) is 0 Å². The van der Waals surface area contributed by atoms with E-state index in [0.717, 1.165) is 12.1 Å². The maximum absolute atomic E-state index is 12.4. The summed E-state index contributed by atoms with van der Waals surface area (Å²) < 4.78 is 5.12. The minimum atomic E-state index is -0.717. The Labute approximate surface area is 158 Å². The first-order valence-electron chi connectivity index (χ1n) is 7.07. The smallest absolute Gasteiger partial charge is 0.288 e. The number of carbonyl (C=O) groups excluding carboxylic acids is 1. The maximum Gasteiger partial charge on any atom is 0.288 e. The van der Waals surface area contributed by atoms with E-state index in [-0.39, 0.29) is 26.9 Å². The maximum atomic E-state index is 12.4. The molecule has 2 aromatic rings. The van der Waals surface area contributed by atoms with Crippen molar-refractivity contribution in [3.63, 3.8) is 0 Å². The summed E-state index contributed by atoms with van der Waals surface area (Å²) in [4.78, 5) is 22.7. The Morgan fingerprint density at radius 2 is 2.00 bits per heavy atom. The molecule has 2 aromatic carbocycles. The number of amides is 1. The van der Waals surface area contributed by atoms with Crippen LogP contribution in [0.25, 0.3) is 6.08 Å². The molecular formula is C17H11Cl2N3O4. The summed E-state index contributed by atoms with van der Waals surface area (Å²) in [6, 6.07) is 10.7. The number of anilines is 1. The minimum Gasteiger partial charge on any atom is -0.495 e. The van der Waals surface area contributed by atoms with Crippen LogP contribution in [0.3, 0.4) is 0 Å². The molecule has 0 atom stereocenters. The number of benzene rings is 2. The highest BCUT2D eigenvalue weighted by Gasteiger charge is 2.18. The van der Waals surface area contributed by atoms with E-state index in [1.807, 2.05) is 0 Å². The third kappa shape index (κ3) is 4.30. The van der Waals surface area contributed by atoms with E-state index < -0.39 is 10.8 Å². The molecule has 9 heteroatoms. The molecule has 0 aliphatic carbocycles. The van der Waals surface area contributed by atoms with Crippen LogP contribution in [-0.2, 0) is 4.79 Å². The standard InChI is InChI=1S/C17H11Cl2N3O4/c1-26-16-5-3-2-4-14(16)21-17(23)11(9-20)6-10-7-15(22(24)25)13(19)8-12(10)18/h2-8H,1H3,(H,21,23)/b11-6-. The molecule has 0 aliphatic rings. The Balaban J connectivity index is 2.39. The summed E-state index contributed by atoms with van der Waals surface area (Å²) in [6.07, 6.45) is 1.15. The van der Waals surface area contributed by atoms with Gasteiger partial charge in [0.05, 0.1) is 17.7 Å². The highest BCUT2D eigenvalue weighted by atomic mass is 35.5. The number of nitro benzene ring substituents is 1. The van der Waals surface area contributed by atoms with Gasteiger partial charge in [-0.15, -0.1) is 0 Å². The molecule has 0 fully saturated rings. The molecular weight excluding hydrogens is 381 g/mol. The van der Waals surface area contributed by atoms with Crippen LogP contribution in [0.4, 0.5) is 11.4 Å². The topological polar surface area (TPSA) is 105 Å². The molecule has 0 heterocycles. The number of hydrogen-bond acceptors (Lipinski definition) is 5. The average molecular weight is 392 g/mol. The molecule has 2 rings (SSSR count). The van der Waals surface area contributed by atoms with Crippen LogP contribution < -0.4 is 10.1 Å². The minimum absolute atomic E-state index is 0.0680. The zero-order valence-electron chi connectivity index (χ0n) is 13.3. The van der Waals surface area contributed by atoms with Crippen LogP contribution in [-0.4, -0.2) is 17.9 Å². The van der Waals surface area contributed by atoms with Crippen LogP contribution in [0.2, 0.25) is 10.0 Å². The lowest BCUT2D eigenvalue weighted by Crippen LogP contribution is -2.14.